The molecule has 2 saturated heterocycles. The molecule has 0 saturated carbocycles. The normalized spacial score (nSPS) is 14.1. The van der Waals surface area contributed by atoms with E-state index in [9.17, 15) is 9.59 Å². The number of aromatic carboxylic acids is 1. The summed E-state index contributed by atoms with van der Waals surface area (Å²) >= 11 is 6.50. The lowest BCUT2D eigenvalue weighted by Crippen LogP contribution is -2.49. The number of nitrogens with zero attached hydrogens (tertiary/aromatic N) is 7. The fourth-order valence-corrected chi connectivity index (χ4v) is 5.57. The first-order valence-electron chi connectivity index (χ1n) is 15.1. The van der Waals surface area contributed by atoms with Crippen molar-refractivity contribution < 1.29 is 24.2 Å². The van der Waals surface area contributed by atoms with E-state index in [1.165, 1.54) is 19.4 Å². The summed E-state index contributed by atoms with van der Waals surface area (Å²) in [6, 6.07) is 10.6. The molecule has 260 valence electrons. The highest BCUT2D eigenvalue weighted by Gasteiger charge is 2.24. The number of pyridine rings is 4. The highest BCUT2D eigenvalue weighted by molar-refractivity contribution is 9.10. The minimum Gasteiger partial charge on any atom is -0.495 e. The topological polar surface area (TPSA) is 198 Å². The van der Waals surface area contributed by atoms with Gasteiger partial charge in [-0.25, -0.2) is 24.7 Å². The van der Waals surface area contributed by atoms with Gasteiger partial charge in [0.15, 0.2) is 5.69 Å². The number of nitrogens with two attached hydrogens (primary N) is 2. The van der Waals surface area contributed by atoms with Crippen molar-refractivity contribution in [1.82, 2.24) is 30.2 Å². The number of carboxylic acids is 1. The monoisotopic (exact) mass is 800 g/mol. The summed E-state index contributed by atoms with van der Waals surface area (Å²) in [5, 5.41) is 11.9. The third kappa shape index (κ3) is 10.6. The van der Waals surface area contributed by atoms with E-state index in [1.807, 2.05) is 24.4 Å². The van der Waals surface area contributed by atoms with E-state index in [2.05, 4.69) is 66.9 Å². The van der Waals surface area contributed by atoms with E-state index >= 15 is 0 Å². The SMILES string of the molecule is COc1cc(C(=O)N2CCN(c3ccc(N)nc3)CC2)ncc1Br.COc1cc(C(=O)O)ncc1Br.Nc1ccc(N2CCNCC2)cn1. The number of carboxylic acid groups (broad SMARTS) is 1. The highest BCUT2D eigenvalue weighted by atomic mass is 79.9. The van der Waals surface area contributed by atoms with Crippen LogP contribution in [-0.2, 0) is 0 Å². The van der Waals surface area contributed by atoms with Crippen molar-refractivity contribution in [2.45, 2.75) is 0 Å². The summed E-state index contributed by atoms with van der Waals surface area (Å²) < 4.78 is 11.5. The molecule has 0 unspecified atom stereocenters. The van der Waals surface area contributed by atoms with Crippen molar-refractivity contribution in [3.8, 4) is 11.5 Å². The first-order valence-corrected chi connectivity index (χ1v) is 16.7. The van der Waals surface area contributed by atoms with Crippen molar-refractivity contribution in [3.05, 3.63) is 81.5 Å². The molecule has 0 aliphatic carbocycles. The summed E-state index contributed by atoms with van der Waals surface area (Å²) in [6.07, 6.45) is 6.57. The Morgan fingerprint density at radius 1 is 0.714 bits per heavy atom. The van der Waals surface area contributed by atoms with E-state index in [-0.39, 0.29) is 11.6 Å². The molecule has 6 N–H and O–H groups in total. The maximum absolute atomic E-state index is 12.6. The number of aromatic nitrogens is 4. The Morgan fingerprint density at radius 2 is 1.18 bits per heavy atom. The number of carbonyl (C=O) groups is 2. The Labute approximate surface area is 300 Å². The van der Waals surface area contributed by atoms with Crippen LogP contribution in [0.4, 0.5) is 23.0 Å². The number of anilines is 4. The first-order chi connectivity index (χ1) is 23.6. The predicted octanol–water partition coefficient (Wildman–Crippen LogP) is 3.42. The number of carbonyl (C=O) groups excluding carboxylic acids is 1. The van der Waals surface area contributed by atoms with Crippen LogP contribution in [0.1, 0.15) is 21.0 Å². The number of methoxy groups -OCH3 is 2. The molecule has 6 rings (SSSR count). The van der Waals surface area contributed by atoms with Crippen molar-refractivity contribution in [2.24, 2.45) is 0 Å². The summed E-state index contributed by atoms with van der Waals surface area (Å²) in [6.45, 7) is 6.93. The fraction of sp³-hybridized carbons (Fsp3) is 0.312. The minimum absolute atomic E-state index is 0.0324. The van der Waals surface area contributed by atoms with Crippen LogP contribution in [-0.4, -0.2) is 108 Å². The zero-order chi connectivity index (χ0) is 35.3. The van der Waals surface area contributed by atoms with Gasteiger partial charge in [0, 0.05) is 76.9 Å². The molecule has 4 aromatic rings. The second-order valence-corrected chi connectivity index (χ2v) is 12.3. The molecule has 17 heteroatoms. The number of nitrogen functional groups attached to an aromatic ring is 2. The number of piperazine rings is 2. The van der Waals surface area contributed by atoms with Gasteiger partial charge in [0.2, 0.25) is 0 Å². The zero-order valence-corrected chi connectivity index (χ0v) is 30.2. The molecule has 0 radical (unpaired) electrons. The lowest BCUT2D eigenvalue weighted by atomic mass is 10.2. The van der Waals surface area contributed by atoms with Crippen LogP contribution in [0.5, 0.6) is 11.5 Å². The average molecular weight is 803 g/mol. The Balaban J connectivity index is 0.000000182. The molecule has 15 nitrogen and oxygen atoms in total. The van der Waals surface area contributed by atoms with Crippen molar-refractivity contribution in [2.75, 3.05) is 87.8 Å². The van der Waals surface area contributed by atoms with Gasteiger partial charge in [0.1, 0.15) is 28.8 Å². The van der Waals surface area contributed by atoms with Gasteiger partial charge in [0.25, 0.3) is 5.91 Å². The molecule has 2 fully saturated rings. The number of hydrogen-bond donors (Lipinski definition) is 4. The molecule has 0 bridgehead atoms. The number of ether oxygens (including phenoxy) is 2. The second-order valence-electron chi connectivity index (χ2n) is 10.6. The maximum Gasteiger partial charge on any atom is 0.354 e. The first kappa shape index (κ1) is 37.1. The zero-order valence-electron chi connectivity index (χ0n) is 27.1. The standard InChI is InChI=1S/C16H18BrN5O2.C9H14N4.C7H6BrNO3/c1-24-14-8-13(19-10-12(14)17)16(23)22-6-4-21(5-7-22)11-2-3-15(18)20-9-11;10-9-2-1-8(7-12-9)13-5-3-11-4-6-13;1-12-6-2-5(7(10)11)9-3-4(6)8/h2-3,8-10H,4-7H2,1H3,(H2,18,20);1-2,7,11H,3-6H2,(H2,10,12);2-3H,1H3,(H,10,11). The second kappa shape index (κ2) is 18.1. The van der Waals surface area contributed by atoms with Crippen molar-refractivity contribution in [3.63, 3.8) is 0 Å². The van der Waals surface area contributed by atoms with Gasteiger partial charge in [-0.3, -0.25) is 4.79 Å². The number of rotatable bonds is 6. The fourth-order valence-electron chi connectivity index (χ4n) is 4.81. The molecule has 2 aliphatic rings. The van der Waals surface area contributed by atoms with Gasteiger partial charge >= 0.3 is 5.97 Å². The van der Waals surface area contributed by atoms with E-state index in [4.69, 9.17) is 26.0 Å². The molecular weight excluding hydrogens is 764 g/mol. The number of nitrogens with one attached hydrogen (secondary N) is 1. The molecule has 4 aromatic heterocycles. The van der Waals surface area contributed by atoms with Crippen molar-refractivity contribution in [1.29, 1.82) is 0 Å². The van der Waals surface area contributed by atoms with Crippen LogP contribution in [0.3, 0.4) is 0 Å². The van der Waals surface area contributed by atoms with Gasteiger partial charge in [-0.2, -0.15) is 0 Å². The highest BCUT2D eigenvalue weighted by Crippen LogP contribution is 2.25. The average Bonchev–Trinajstić information content (AvgIpc) is 3.13. The van der Waals surface area contributed by atoms with Gasteiger partial charge in [0.05, 0.1) is 46.9 Å². The van der Waals surface area contributed by atoms with E-state index in [0.717, 1.165) is 55.1 Å². The quantitative estimate of drug-likeness (QED) is 0.221. The molecule has 0 aromatic carbocycles. The minimum atomic E-state index is -1.07. The van der Waals surface area contributed by atoms with Crippen LogP contribution < -0.4 is 36.1 Å². The predicted molar refractivity (Wildman–Crippen MR) is 194 cm³/mol. The molecular formula is C32H38Br2N10O5. The largest absolute Gasteiger partial charge is 0.495 e. The van der Waals surface area contributed by atoms with Crippen LogP contribution in [0.25, 0.3) is 0 Å². The van der Waals surface area contributed by atoms with Gasteiger partial charge in [-0.05, 0) is 56.1 Å². The Hall–Kier alpha value is -4.74. The van der Waals surface area contributed by atoms with Gasteiger partial charge in [-0.15, -0.1) is 0 Å². The number of hydrogen-bond acceptors (Lipinski definition) is 13. The Bertz CT molecular complexity index is 1690. The molecule has 2 aliphatic heterocycles. The number of amides is 1. The van der Waals surface area contributed by atoms with Crippen molar-refractivity contribution >= 4 is 66.7 Å². The number of halogens is 2. The molecule has 6 heterocycles. The molecule has 0 spiro atoms. The van der Waals surface area contributed by atoms with Crippen LogP contribution in [0.2, 0.25) is 0 Å². The Kier molecular flexibility index (Phi) is 13.7. The smallest absolute Gasteiger partial charge is 0.354 e. The van der Waals surface area contributed by atoms with E-state index in [0.29, 0.717) is 46.4 Å². The van der Waals surface area contributed by atoms with Crippen LogP contribution in [0, 0.1) is 0 Å². The summed E-state index contributed by atoms with van der Waals surface area (Å²) in [4.78, 5) is 45.4. The summed E-state index contributed by atoms with van der Waals surface area (Å²) in [5.41, 5.74) is 13.7. The Morgan fingerprint density at radius 3 is 1.63 bits per heavy atom. The van der Waals surface area contributed by atoms with E-state index < -0.39 is 5.97 Å². The third-order valence-electron chi connectivity index (χ3n) is 7.47. The molecule has 49 heavy (non-hydrogen) atoms. The summed E-state index contributed by atoms with van der Waals surface area (Å²) in [7, 11) is 3.03. The third-order valence-corrected chi connectivity index (χ3v) is 8.67. The molecule has 0 atom stereocenters. The van der Waals surface area contributed by atoms with E-state index in [1.54, 1.807) is 36.5 Å². The van der Waals surface area contributed by atoms with Crippen LogP contribution >= 0.6 is 31.9 Å². The maximum atomic E-state index is 12.6. The van der Waals surface area contributed by atoms with Gasteiger partial charge in [-0.1, -0.05) is 0 Å². The summed E-state index contributed by atoms with van der Waals surface area (Å²) in [5.74, 6) is 0.987. The lowest BCUT2D eigenvalue weighted by Gasteiger charge is -2.35. The van der Waals surface area contributed by atoms with Gasteiger partial charge < -0.3 is 46.1 Å². The molecule has 1 amide bonds. The van der Waals surface area contributed by atoms with Crippen LogP contribution in [0.15, 0.2) is 70.1 Å². The lowest BCUT2D eigenvalue weighted by molar-refractivity contribution is 0.0688.